The summed E-state index contributed by atoms with van der Waals surface area (Å²) in [5, 5.41) is 9.26. The lowest BCUT2D eigenvalue weighted by atomic mass is 10.0. The topological polar surface area (TPSA) is 62.7 Å². The zero-order valence-corrected chi connectivity index (χ0v) is 13.1. The van der Waals surface area contributed by atoms with Crippen LogP contribution >= 0.6 is 0 Å². The van der Waals surface area contributed by atoms with Gasteiger partial charge in [0.1, 0.15) is 0 Å². The maximum atomic E-state index is 12.8. The van der Waals surface area contributed by atoms with Gasteiger partial charge in [0.25, 0.3) is 5.91 Å². The maximum absolute atomic E-state index is 12.8. The first-order valence-corrected chi connectivity index (χ1v) is 7.73. The van der Waals surface area contributed by atoms with Crippen molar-refractivity contribution in [1.82, 2.24) is 9.88 Å². The van der Waals surface area contributed by atoms with Crippen molar-refractivity contribution in [2.45, 2.75) is 19.1 Å². The van der Waals surface area contributed by atoms with Crippen molar-refractivity contribution in [3.05, 3.63) is 54.4 Å². The van der Waals surface area contributed by atoms with Gasteiger partial charge in [0, 0.05) is 24.5 Å². The van der Waals surface area contributed by atoms with Crippen LogP contribution in [-0.4, -0.2) is 52.8 Å². The number of benzene rings is 1. The van der Waals surface area contributed by atoms with Crippen LogP contribution in [0.5, 0.6) is 0 Å². The number of morpholine rings is 1. The van der Waals surface area contributed by atoms with Gasteiger partial charge in [-0.3, -0.25) is 9.78 Å². The predicted molar refractivity (Wildman–Crippen MR) is 87.0 cm³/mol. The molecule has 23 heavy (non-hydrogen) atoms. The van der Waals surface area contributed by atoms with Crippen LogP contribution in [-0.2, 0) is 4.74 Å². The van der Waals surface area contributed by atoms with Gasteiger partial charge < -0.3 is 14.7 Å². The third kappa shape index (κ3) is 3.41. The molecule has 0 unspecified atom stereocenters. The lowest BCUT2D eigenvalue weighted by molar-refractivity contribution is -0.0667. The Morgan fingerprint density at radius 1 is 1.30 bits per heavy atom. The van der Waals surface area contributed by atoms with Crippen LogP contribution in [0.1, 0.15) is 17.3 Å². The molecular formula is C18H20N2O3. The molecule has 0 saturated carbocycles. The summed E-state index contributed by atoms with van der Waals surface area (Å²) in [5.41, 5.74) is 2.49. The molecule has 2 heterocycles. The van der Waals surface area contributed by atoms with E-state index in [4.69, 9.17) is 4.74 Å². The number of carbonyl (C=O) groups excluding carboxylic acids is 1. The number of pyridine rings is 1. The van der Waals surface area contributed by atoms with Gasteiger partial charge in [0.05, 0.1) is 30.9 Å². The molecule has 0 radical (unpaired) electrons. The van der Waals surface area contributed by atoms with E-state index < -0.39 is 0 Å². The van der Waals surface area contributed by atoms with Crippen LogP contribution in [0.15, 0.2) is 48.8 Å². The second-order valence-corrected chi connectivity index (χ2v) is 5.77. The highest BCUT2D eigenvalue weighted by Gasteiger charge is 2.30. The zero-order chi connectivity index (χ0) is 16.2. The summed E-state index contributed by atoms with van der Waals surface area (Å²) in [6.07, 6.45) is 3.02. The van der Waals surface area contributed by atoms with Gasteiger partial charge in [-0.05, 0) is 18.6 Å². The quantitative estimate of drug-likeness (QED) is 0.941. The number of carbonyl (C=O) groups is 1. The van der Waals surface area contributed by atoms with Gasteiger partial charge in [-0.2, -0.15) is 0 Å². The Balaban J connectivity index is 1.85. The van der Waals surface area contributed by atoms with Crippen LogP contribution in [0, 0.1) is 0 Å². The Morgan fingerprint density at radius 3 is 2.83 bits per heavy atom. The predicted octanol–water partition coefficient (Wildman–Crippen LogP) is 1.97. The molecule has 5 heteroatoms. The molecule has 2 aromatic rings. The molecule has 1 fully saturated rings. The molecule has 2 atom stereocenters. The van der Waals surface area contributed by atoms with E-state index in [9.17, 15) is 9.90 Å². The summed E-state index contributed by atoms with van der Waals surface area (Å²) in [6, 6.07) is 11.7. The number of hydrogen-bond acceptors (Lipinski definition) is 4. The molecule has 120 valence electrons. The number of aliphatic hydroxyl groups is 1. The Kier molecular flexibility index (Phi) is 4.69. The van der Waals surface area contributed by atoms with Crippen LogP contribution in [0.4, 0.5) is 0 Å². The third-order valence-electron chi connectivity index (χ3n) is 4.06. The highest BCUT2D eigenvalue weighted by atomic mass is 16.5. The van der Waals surface area contributed by atoms with Gasteiger partial charge in [0.15, 0.2) is 0 Å². The summed E-state index contributed by atoms with van der Waals surface area (Å²) < 4.78 is 5.49. The fourth-order valence-electron chi connectivity index (χ4n) is 2.72. The molecule has 1 aromatic heterocycles. The van der Waals surface area contributed by atoms with Crippen molar-refractivity contribution in [2.75, 3.05) is 19.8 Å². The van der Waals surface area contributed by atoms with E-state index in [2.05, 4.69) is 4.98 Å². The largest absolute Gasteiger partial charge is 0.394 e. The van der Waals surface area contributed by atoms with E-state index in [1.165, 1.54) is 0 Å². The molecule has 1 N–H and O–H groups in total. The van der Waals surface area contributed by atoms with Crippen LogP contribution in [0.2, 0.25) is 0 Å². The van der Waals surface area contributed by atoms with Crippen molar-refractivity contribution in [3.8, 4) is 11.1 Å². The Labute approximate surface area is 135 Å². The second-order valence-electron chi connectivity index (χ2n) is 5.77. The van der Waals surface area contributed by atoms with Crippen LogP contribution in [0.3, 0.4) is 0 Å². The molecule has 1 aliphatic heterocycles. The van der Waals surface area contributed by atoms with Gasteiger partial charge >= 0.3 is 0 Å². The highest BCUT2D eigenvalue weighted by molar-refractivity contribution is 5.95. The summed E-state index contributed by atoms with van der Waals surface area (Å²) in [6.45, 7) is 2.69. The maximum Gasteiger partial charge on any atom is 0.255 e. The lowest BCUT2D eigenvalue weighted by Gasteiger charge is -2.37. The van der Waals surface area contributed by atoms with Crippen LogP contribution < -0.4 is 0 Å². The Hall–Kier alpha value is -2.24. The number of hydrogen-bond donors (Lipinski definition) is 1. The normalized spacial score (nSPS) is 21.2. The summed E-state index contributed by atoms with van der Waals surface area (Å²) in [7, 11) is 0. The summed E-state index contributed by atoms with van der Waals surface area (Å²) >= 11 is 0. The zero-order valence-electron chi connectivity index (χ0n) is 13.1. The van der Waals surface area contributed by atoms with Crippen molar-refractivity contribution < 1.29 is 14.6 Å². The number of aliphatic hydroxyl groups excluding tert-OH is 1. The average molecular weight is 312 g/mol. The van der Waals surface area contributed by atoms with Crippen molar-refractivity contribution in [1.29, 1.82) is 0 Å². The first kappa shape index (κ1) is 15.6. The summed E-state index contributed by atoms with van der Waals surface area (Å²) in [5.74, 6) is -0.0791. The molecule has 1 aliphatic rings. The first-order chi connectivity index (χ1) is 11.2. The SMILES string of the molecule is C[C@H]1CO[C@@H](CO)CN1C(=O)c1cncc(-c2ccccc2)c1. The molecule has 0 bridgehead atoms. The van der Waals surface area contributed by atoms with Gasteiger partial charge in [-0.25, -0.2) is 0 Å². The number of aromatic nitrogens is 1. The van der Waals surface area contributed by atoms with Gasteiger partial charge in [-0.15, -0.1) is 0 Å². The van der Waals surface area contributed by atoms with E-state index in [0.29, 0.717) is 18.7 Å². The van der Waals surface area contributed by atoms with Crippen molar-refractivity contribution in [3.63, 3.8) is 0 Å². The van der Waals surface area contributed by atoms with E-state index >= 15 is 0 Å². The molecule has 1 saturated heterocycles. The van der Waals surface area contributed by atoms with E-state index in [-0.39, 0.29) is 24.7 Å². The number of ether oxygens (including phenoxy) is 1. The smallest absolute Gasteiger partial charge is 0.255 e. The molecule has 3 rings (SSSR count). The average Bonchev–Trinajstić information content (AvgIpc) is 2.62. The number of nitrogens with zero attached hydrogens (tertiary/aromatic N) is 2. The van der Waals surface area contributed by atoms with Crippen molar-refractivity contribution >= 4 is 5.91 Å². The molecule has 0 aliphatic carbocycles. The lowest BCUT2D eigenvalue weighted by Crippen LogP contribution is -2.52. The first-order valence-electron chi connectivity index (χ1n) is 7.73. The van der Waals surface area contributed by atoms with Gasteiger partial charge in [-0.1, -0.05) is 30.3 Å². The highest BCUT2D eigenvalue weighted by Crippen LogP contribution is 2.21. The molecular weight excluding hydrogens is 292 g/mol. The molecule has 1 amide bonds. The molecule has 0 spiro atoms. The Morgan fingerprint density at radius 2 is 2.09 bits per heavy atom. The monoisotopic (exact) mass is 312 g/mol. The van der Waals surface area contributed by atoms with Crippen molar-refractivity contribution in [2.24, 2.45) is 0 Å². The minimum Gasteiger partial charge on any atom is -0.394 e. The fourth-order valence-corrected chi connectivity index (χ4v) is 2.72. The number of rotatable bonds is 3. The third-order valence-corrected chi connectivity index (χ3v) is 4.06. The second kappa shape index (κ2) is 6.89. The van der Waals surface area contributed by atoms with Gasteiger partial charge in [0.2, 0.25) is 0 Å². The fraction of sp³-hybridized carbons (Fsp3) is 0.333. The molecule has 5 nitrogen and oxygen atoms in total. The number of amides is 1. The Bertz CT molecular complexity index is 675. The standard InChI is InChI=1S/C18H20N2O3/c1-13-12-23-17(11-21)10-20(13)18(22)16-7-15(8-19-9-16)14-5-3-2-4-6-14/h2-9,13,17,21H,10-12H2,1H3/t13-,17+/m0/s1. The van der Waals surface area contributed by atoms with E-state index in [1.54, 1.807) is 17.3 Å². The van der Waals surface area contributed by atoms with E-state index in [1.807, 2.05) is 43.3 Å². The minimum absolute atomic E-state index is 0.0225. The van der Waals surface area contributed by atoms with Crippen LogP contribution in [0.25, 0.3) is 11.1 Å². The minimum atomic E-state index is -0.319. The van der Waals surface area contributed by atoms with E-state index in [0.717, 1.165) is 11.1 Å². The molecule has 1 aromatic carbocycles. The summed E-state index contributed by atoms with van der Waals surface area (Å²) in [4.78, 5) is 18.8.